The molecule has 4 heteroatoms. The molecule has 0 N–H and O–H groups in total. The summed E-state index contributed by atoms with van der Waals surface area (Å²) in [7, 11) is 0. The molecule has 4 heterocycles. The van der Waals surface area contributed by atoms with E-state index in [2.05, 4.69) is 84.9 Å². The van der Waals surface area contributed by atoms with E-state index >= 15 is 0 Å². The zero-order chi connectivity index (χ0) is 20.8. The minimum Gasteiger partial charge on any atom is -0.134 e. The second-order valence-electron chi connectivity index (χ2n) is 8.14. The standard InChI is InChI=1S/C28H14S4/c1-3-7-21-17(5-1)25-27(29-21)19-13-15(9-11-23(19)31-25)16-10-12-24-20(14-16)28-26(32-24)18-6-2-4-8-22(18)30-28/h1-14H. The Morgan fingerprint density at radius 2 is 0.719 bits per heavy atom. The summed E-state index contributed by atoms with van der Waals surface area (Å²) in [5.74, 6) is 0. The van der Waals surface area contributed by atoms with Gasteiger partial charge in [0.05, 0.1) is 18.8 Å². The molecule has 8 rings (SSSR count). The average molecular weight is 479 g/mol. The normalized spacial score (nSPS) is 12.4. The molecule has 32 heavy (non-hydrogen) atoms. The lowest BCUT2D eigenvalue weighted by Gasteiger charge is -2.03. The number of hydrogen-bond acceptors (Lipinski definition) is 4. The van der Waals surface area contributed by atoms with E-state index in [0.29, 0.717) is 0 Å². The fourth-order valence-electron chi connectivity index (χ4n) is 4.77. The van der Waals surface area contributed by atoms with Gasteiger partial charge in [-0.05, 0) is 47.5 Å². The van der Waals surface area contributed by atoms with Gasteiger partial charge >= 0.3 is 0 Å². The SMILES string of the molecule is c1ccc2c(c1)sc1c3cc(-c4ccc5sc6c7ccccc7sc6c5c4)ccc3sc21. The van der Waals surface area contributed by atoms with Crippen LogP contribution in [0.25, 0.3) is 70.3 Å². The smallest absolute Gasteiger partial charge is 0.0542 e. The molecule has 0 fully saturated rings. The van der Waals surface area contributed by atoms with E-state index in [0.717, 1.165) is 0 Å². The van der Waals surface area contributed by atoms with Crippen molar-refractivity contribution in [3.8, 4) is 11.1 Å². The van der Waals surface area contributed by atoms with Gasteiger partial charge in [0.2, 0.25) is 0 Å². The highest BCUT2D eigenvalue weighted by Gasteiger charge is 2.15. The molecule has 0 aliphatic carbocycles. The van der Waals surface area contributed by atoms with Crippen LogP contribution in [-0.2, 0) is 0 Å². The van der Waals surface area contributed by atoms with Gasteiger partial charge < -0.3 is 0 Å². The van der Waals surface area contributed by atoms with Gasteiger partial charge in [0.15, 0.2) is 0 Å². The van der Waals surface area contributed by atoms with Crippen molar-refractivity contribution in [3.05, 3.63) is 84.9 Å². The molecule has 0 radical (unpaired) electrons. The molecule has 4 aromatic carbocycles. The number of thiophene rings is 4. The van der Waals surface area contributed by atoms with Crippen LogP contribution in [0.4, 0.5) is 0 Å². The van der Waals surface area contributed by atoms with E-state index in [-0.39, 0.29) is 0 Å². The number of hydrogen-bond donors (Lipinski definition) is 0. The van der Waals surface area contributed by atoms with Crippen molar-refractivity contribution in [1.29, 1.82) is 0 Å². The van der Waals surface area contributed by atoms with Crippen LogP contribution in [0.1, 0.15) is 0 Å². The van der Waals surface area contributed by atoms with Crippen molar-refractivity contribution in [2.45, 2.75) is 0 Å². The molecule has 0 saturated heterocycles. The Labute approximate surface area is 199 Å². The number of fused-ring (bicyclic) bond motifs is 10. The summed E-state index contributed by atoms with van der Waals surface area (Å²) in [5, 5.41) is 5.56. The summed E-state index contributed by atoms with van der Waals surface area (Å²) in [4.78, 5) is 0. The maximum atomic E-state index is 2.40. The van der Waals surface area contributed by atoms with Gasteiger partial charge in [0.1, 0.15) is 0 Å². The summed E-state index contributed by atoms with van der Waals surface area (Å²) < 4.78 is 11.2. The van der Waals surface area contributed by atoms with Crippen molar-refractivity contribution < 1.29 is 0 Å². The van der Waals surface area contributed by atoms with E-state index in [9.17, 15) is 0 Å². The third-order valence-corrected chi connectivity index (χ3v) is 11.4. The predicted molar refractivity (Wildman–Crippen MR) is 148 cm³/mol. The molecule has 0 atom stereocenters. The summed E-state index contributed by atoms with van der Waals surface area (Å²) in [6.07, 6.45) is 0. The average Bonchev–Trinajstić information content (AvgIpc) is 3.56. The van der Waals surface area contributed by atoms with Crippen LogP contribution in [-0.4, -0.2) is 0 Å². The monoisotopic (exact) mass is 478 g/mol. The van der Waals surface area contributed by atoms with Crippen molar-refractivity contribution in [1.82, 2.24) is 0 Å². The van der Waals surface area contributed by atoms with Crippen LogP contribution < -0.4 is 0 Å². The van der Waals surface area contributed by atoms with Gasteiger partial charge in [-0.1, -0.05) is 48.5 Å². The van der Waals surface area contributed by atoms with Crippen LogP contribution in [0, 0.1) is 0 Å². The van der Waals surface area contributed by atoms with E-state index in [1.807, 2.05) is 45.3 Å². The van der Waals surface area contributed by atoms with E-state index in [1.54, 1.807) is 0 Å². The zero-order valence-electron chi connectivity index (χ0n) is 16.7. The Kier molecular flexibility index (Phi) is 3.55. The van der Waals surface area contributed by atoms with Crippen LogP contribution in [0.5, 0.6) is 0 Å². The fourth-order valence-corrected chi connectivity index (χ4v) is 10.0. The largest absolute Gasteiger partial charge is 0.134 e. The Morgan fingerprint density at radius 1 is 0.344 bits per heavy atom. The molecule has 4 aromatic heterocycles. The first-order valence-corrected chi connectivity index (χ1v) is 13.8. The third-order valence-electron chi connectivity index (χ3n) is 6.31. The Hall–Kier alpha value is -2.76. The number of rotatable bonds is 1. The highest BCUT2D eigenvalue weighted by molar-refractivity contribution is 7.37. The zero-order valence-corrected chi connectivity index (χ0v) is 20.0. The first-order chi connectivity index (χ1) is 15.8. The third kappa shape index (κ3) is 2.36. The van der Waals surface area contributed by atoms with Crippen molar-refractivity contribution >= 4 is 104 Å². The lowest BCUT2D eigenvalue weighted by atomic mass is 10.0. The molecule has 0 unspecified atom stereocenters. The topological polar surface area (TPSA) is 0 Å². The highest BCUT2D eigenvalue weighted by Crippen LogP contribution is 2.47. The molecule has 150 valence electrons. The maximum Gasteiger partial charge on any atom is 0.0542 e. The molecule has 0 aliphatic rings. The summed E-state index contributed by atoms with van der Waals surface area (Å²) in [6.45, 7) is 0. The molecule has 0 nitrogen and oxygen atoms in total. The summed E-state index contributed by atoms with van der Waals surface area (Å²) >= 11 is 7.69. The van der Waals surface area contributed by atoms with Crippen molar-refractivity contribution in [2.24, 2.45) is 0 Å². The van der Waals surface area contributed by atoms with Gasteiger partial charge in [-0.2, -0.15) is 0 Å². The van der Waals surface area contributed by atoms with Crippen LogP contribution in [0.15, 0.2) is 84.9 Å². The summed E-state index contributed by atoms with van der Waals surface area (Å²) in [5.41, 5.74) is 2.61. The maximum absolute atomic E-state index is 2.40. The first kappa shape index (κ1) is 17.8. The minimum absolute atomic E-state index is 1.30. The van der Waals surface area contributed by atoms with Crippen LogP contribution in [0.3, 0.4) is 0 Å². The van der Waals surface area contributed by atoms with Gasteiger partial charge in [-0.15, -0.1) is 45.3 Å². The van der Waals surface area contributed by atoms with Gasteiger partial charge in [0, 0.05) is 40.3 Å². The highest BCUT2D eigenvalue weighted by atomic mass is 32.1. The van der Waals surface area contributed by atoms with Crippen LogP contribution >= 0.6 is 45.3 Å². The minimum atomic E-state index is 1.30. The molecule has 0 saturated carbocycles. The quantitative estimate of drug-likeness (QED) is 0.220. The Balaban J connectivity index is 1.37. The van der Waals surface area contributed by atoms with Gasteiger partial charge in [-0.25, -0.2) is 0 Å². The molecule has 0 amide bonds. The van der Waals surface area contributed by atoms with Gasteiger partial charge in [-0.3, -0.25) is 0 Å². The second kappa shape index (κ2) is 6.40. The van der Waals surface area contributed by atoms with Gasteiger partial charge in [0.25, 0.3) is 0 Å². The molecule has 0 bridgehead atoms. The van der Waals surface area contributed by atoms with E-state index in [1.165, 1.54) is 70.3 Å². The van der Waals surface area contributed by atoms with Crippen LogP contribution in [0.2, 0.25) is 0 Å². The Morgan fingerprint density at radius 3 is 1.19 bits per heavy atom. The molecular weight excluding hydrogens is 465 g/mol. The predicted octanol–water partition coefficient (Wildman–Crippen LogP) is 10.5. The van der Waals surface area contributed by atoms with E-state index < -0.39 is 0 Å². The van der Waals surface area contributed by atoms with Crippen molar-refractivity contribution in [2.75, 3.05) is 0 Å². The Bertz CT molecular complexity index is 1840. The number of benzene rings is 4. The fraction of sp³-hybridized carbons (Fsp3) is 0. The lowest BCUT2D eigenvalue weighted by Crippen LogP contribution is -1.77. The molecular formula is C28H14S4. The molecule has 0 spiro atoms. The van der Waals surface area contributed by atoms with E-state index in [4.69, 9.17) is 0 Å². The molecule has 0 aliphatic heterocycles. The molecule has 8 aromatic rings. The summed E-state index contributed by atoms with van der Waals surface area (Å²) in [6, 6.07) is 31.6. The second-order valence-corrected chi connectivity index (χ2v) is 12.3. The first-order valence-electron chi connectivity index (χ1n) is 10.5. The lowest BCUT2D eigenvalue weighted by molar-refractivity contribution is 1.73. The van der Waals surface area contributed by atoms with Crippen molar-refractivity contribution in [3.63, 3.8) is 0 Å².